The zero-order valence-corrected chi connectivity index (χ0v) is 12.5. The molecule has 0 radical (unpaired) electrons. The molecule has 0 saturated carbocycles. The molecule has 3 rings (SSSR count). The van der Waals surface area contributed by atoms with Crippen molar-refractivity contribution in [1.29, 1.82) is 0 Å². The number of hydrogen-bond acceptors (Lipinski definition) is 4. The SMILES string of the molecule is Cc1c(O)ccc2c(C[NH2+][C@H](C)c3ccco3)cc(=O)oc12. The van der Waals surface area contributed by atoms with Crippen molar-refractivity contribution in [2.75, 3.05) is 0 Å². The van der Waals surface area contributed by atoms with Crippen molar-refractivity contribution in [2.24, 2.45) is 0 Å². The lowest BCUT2D eigenvalue weighted by atomic mass is 10.1. The molecule has 22 heavy (non-hydrogen) atoms. The van der Waals surface area contributed by atoms with Crippen LogP contribution in [0.25, 0.3) is 11.0 Å². The summed E-state index contributed by atoms with van der Waals surface area (Å²) in [6, 6.07) is 8.84. The smallest absolute Gasteiger partial charge is 0.336 e. The Morgan fingerprint density at radius 3 is 2.86 bits per heavy atom. The third-order valence-electron chi connectivity index (χ3n) is 3.90. The third-order valence-corrected chi connectivity index (χ3v) is 3.90. The van der Waals surface area contributed by atoms with E-state index < -0.39 is 5.63 Å². The number of nitrogens with two attached hydrogens (primary N) is 1. The van der Waals surface area contributed by atoms with E-state index in [2.05, 4.69) is 5.32 Å². The van der Waals surface area contributed by atoms with Gasteiger partial charge in [0.1, 0.15) is 23.9 Å². The van der Waals surface area contributed by atoms with Gasteiger partial charge in [0.05, 0.1) is 6.26 Å². The van der Waals surface area contributed by atoms with Gasteiger partial charge < -0.3 is 19.3 Å². The molecule has 3 aromatic rings. The molecule has 5 heteroatoms. The number of rotatable bonds is 4. The molecule has 0 fully saturated rings. The normalized spacial score (nSPS) is 12.6. The molecule has 5 nitrogen and oxygen atoms in total. The molecule has 0 aliphatic carbocycles. The molecule has 0 unspecified atom stereocenters. The van der Waals surface area contributed by atoms with E-state index in [-0.39, 0.29) is 11.8 Å². The number of aromatic hydroxyl groups is 1. The zero-order valence-electron chi connectivity index (χ0n) is 12.5. The van der Waals surface area contributed by atoms with Gasteiger partial charge in [-0.05, 0) is 38.1 Å². The molecular formula is C17H18NO4+. The average Bonchev–Trinajstić information content (AvgIpc) is 3.03. The first-order valence-corrected chi connectivity index (χ1v) is 7.18. The summed E-state index contributed by atoms with van der Waals surface area (Å²) >= 11 is 0. The van der Waals surface area contributed by atoms with Crippen LogP contribution in [-0.4, -0.2) is 5.11 Å². The summed E-state index contributed by atoms with van der Waals surface area (Å²) < 4.78 is 10.6. The summed E-state index contributed by atoms with van der Waals surface area (Å²) in [7, 11) is 0. The number of phenolic OH excluding ortho intramolecular Hbond substituents is 1. The first kappa shape index (κ1) is 14.4. The standard InChI is InChI=1S/C17H17NO4/c1-10-14(19)6-5-13-12(8-16(20)22-17(10)13)9-18-11(2)15-4-3-7-21-15/h3-8,11,18-19H,9H2,1-2H3/p+1/t11-/m1/s1. The lowest BCUT2D eigenvalue weighted by Gasteiger charge is -2.10. The van der Waals surface area contributed by atoms with Crippen LogP contribution in [0, 0.1) is 6.92 Å². The molecule has 0 aliphatic heterocycles. The van der Waals surface area contributed by atoms with Crippen LogP contribution in [0.1, 0.15) is 29.9 Å². The summed E-state index contributed by atoms with van der Waals surface area (Å²) in [5.74, 6) is 1.02. The van der Waals surface area contributed by atoms with E-state index in [0.717, 1.165) is 16.7 Å². The predicted octanol–water partition coefficient (Wildman–Crippen LogP) is 2.22. The Balaban J connectivity index is 1.94. The lowest BCUT2D eigenvalue weighted by molar-refractivity contribution is -0.709. The molecule has 2 aromatic heterocycles. The van der Waals surface area contributed by atoms with Crippen molar-refractivity contribution in [3.8, 4) is 5.75 Å². The fourth-order valence-corrected chi connectivity index (χ4v) is 2.55. The van der Waals surface area contributed by atoms with Crippen LogP contribution in [0.15, 0.2) is 50.2 Å². The second-order valence-corrected chi connectivity index (χ2v) is 5.42. The monoisotopic (exact) mass is 300 g/mol. The molecular weight excluding hydrogens is 282 g/mol. The highest BCUT2D eigenvalue weighted by Gasteiger charge is 2.15. The van der Waals surface area contributed by atoms with Gasteiger partial charge in [-0.3, -0.25) is 0 Å². The Labute approximate surface area is 127 Å². The van der Waals surface area contributed by atoms with Crippen LogP contribution in [0.2, 0.25) is 0 Å². The van der Waals surface area contributed by atoms with Crippen molar-refractivity contribution in [1.82, 2.24) is 0 Å². The highest BCUT2D eigenvalue weighted by atomic mass is 16.4. The van der Waals surface area contributed by atoms with Crippen LogP contribution in [0.4, 0.5) is 0 Å². The minimum Gasteiger partial charge on any atom is -0.508 e. The molecule has 0 amide bonds. The van der Waals surface area contributed by atoms with Crippen molar-refractivity contribution >= 4 is 11.0 Å². The number of phenols is 1. The summed E-state index contributed by atoms with van der Waals surface area (Å²) in [6.07, 6.45) is 1.65. The maximum absolute atomic E-state index is 11.8. The number of fused-ring (bicyclic) bond motifs is 1. The highest BCUT2D eigenvalue weighted by molar-refractivity contribution is 5.84. The molecule has 0 bridgehead atoms. The van der Waals surface area contributed by atoms with Crippen LogP contribution in [-0.2, 0) is 6.54 Å². The van der Waals surface area contributed by atoms with Gasteiger partial charge in [-0.25, -0.2) is 4.79 Å². The van der Waals surface area contributed by atoms with Gasteiger partial charge >= 0.3 is 5.63 Å². The van der Waals surface area contributed by atoms with Crippen LogP contribution >= 0.6 is 0 Å². The average molecular weight is 300 g/mol. The predicted molar refractivity (Wildman–Crippen MR) is 81.6 cm³/mol. The maximum atomic E-state index is 11.8. The van der Waals surface area contributed by atoms with E-state index in [1.54, 1.807) is 25.3 Å². The first-order valence-electron chi connectivity index (χ1n) is 7.18. The highest BCUT2D eigenvalue weighted by Crippen LogP contribution is 2.27. The number of benzene rings is 1. The fraction of sp³-hybridized carbons (Fsp3) is 0.235. The number of hydrogen-bond donors (Lipinski definition) is 2. The maximum Gasteiger partial charge on any atom is 0.336 e. The van der Waals surface area contributed by atoms with Crippen LogP contribution < -0.4 is 10.9 Å². The van der Waals surface area contributed by atoms with Crippen molar-refractivity contribution in [3.05, 3.63) is 63.9 Å². The van der Waals surface area contributed by atoms with E-state index in [9.17, 15) is 9.90 Å². The van der Waals surface area contributed by atoms with Crippen molar-refractivity contribution in [3.63, 3.8) is 0 Å². The van der Waals surface area contributed by atoms with Crippen molar-refractivity contribution in [2.45, 2.75) is 26.4 Å². The molecule has 0 aliphatic rings. The summed E-state index contributed by atoms with van der Waals surface area (Å²) in [5.41, 5.74) is 1.50. The van der Waals surface area contributed by atoms with E-state index >= 15 is 0 Å². The van der Waals surface area contributed by atoms with Gasteiger partial charge in [0.2, 0.25) is 0 Å². The number of aryl methyl sites for hydroxylation is 1. The second-order valence-electron chi connectivity index (χ2n) is 5.42. The van der Waals surface area contributed by atoms with Gasteiger partial charge in [-0.2, -0.15) is 0 Å². The van der Waals surface area contributed by atoms with Gasteiger partial charge in [0, 0.05) is 22.6 Å². The summed E-state index contributed by atoms with van der Waals surface area (Å²) in [6.45, 7) is 4.40. The minimum absolute atomic E-state index is 0.126. The molecule has 2 heterocycles. The Bertz CT molecular complexity index is 849. The fourth-order valence-electron chi connectivity index (χ4n) is 2.55. The van der Waals surface area contributed by atoms with Crippen LogP contribution in [0.3, 0.4) is 0 Å². The Hall–Kier alpha value is -2.53. The van der Waals surface area contributed by atoms with Crippen LogP contribution in [0.5, 0.6) is 5.75 Å². The first-order chi connectivity index (χ1) is 10.6. The molecule has 3 N–H and O–H groups in total. The van der Waals surface area contributed by atoms with E-state index in [1.165, 1.54) is 6.07 Å². The van der Waals surface area contributed by atoms with Gasteiger partial charge in [-0.15, -0.1) is 0 Å². The second kappa shape index (κ2) is 5.69. The quantitative estimate of drug-likeness (QED) is 0.724. The van der Waals surface area contributed by atoms with E-state index in [1.807, 2.05) is 19.1 Å². The summed E-state index contributed by atoms with van der Waals surface area (Å²) in [4.78, 5) is 11.8. The van der Waals surface area contributed by atoms with E-state index in [4.69, 9.17) is 8.83 Å². The summed E-state index contributed by atoms with van der Waals surface area (Å²) in [5, 5.41) is 12.7. The minimum atomic E-state index is -0.407. The Kier molecular flexibility index (Phi) is 3.73. The van der Waals surface area contributed by atoms with Gasteiger partial charge in [0.25, 0.3) is 0 Å². The van der Waals surface area contributed by atoms with E-state index in [0.29, 0.717) is 17.7 Å². The molecule has 114 valence electrons. The Morgan fingerprint density at radius 2 is 2.14 bits per heavy atom. The van der Waals surface area contributed by atoms with Gasteiger partial charge in [-0.1, -0.05) is 0 Å². The topological polar surface area (TPSA) is 80.2 Å². The van der Waals surface area contributed by atoms with Gasteiger partial charge in [0.15, 0.2) is 5.76 Å². The molecule has 1 atom stereocenters. The third kappa shape index (κ3) is 2.63. The van der Waals surface area contributed by atoms with Crippen molar-refractivity contribution < 1.29 is 19.3 Å². The molecule has 1 aromatic carbocycles. The lowest BCUT2D eigenvalue weighted by Crippen LogP contribution is -2.83. The molecule has 0 spiro atoms. The Morgan fingerprint density at radius 1 is 1.32 bits per heavy atom. The zero-order chi connectivity index (χ0) is 15.7. The largest absolute Gasteiger partial charge is 0.508 e. The number of quaternary nitrogens is 1. The molecule has 0 saturated heterocycles. The number of furan rings is 1.